The van der Waals surface area contributed by atoms with Crippen LogP contribution in [0.5, 0.6) is 0 Å². The van der Waals surface area contributed by atoms with Crippen LogP contribution < -0.4 is 5.32 Å². The molecule has 0 spiro atoms. The molecule has 0 aromatic carbocycles. The predicted molar refractivity (Wildman–Crippen MR) is 63.3 cm³/mol. The average Bonchev–Trinajstić information content (AvgIpc) is 2.72. The lowest BCUT2D eigenvalue weighted by atomic mass is 10.2. The molecule has 1 atom stereocenters. The molecular formula is C12H12N4. The number of aryl methyl sites for hydroxylation is 1. The average molecular weight is 212 g/mol. The van der Waals surface area contributed by atoms with E-state index in [1.54, 1.807) is 6.21 Å². The SMILES string of the molecule is Cc1cccc(C2=CN3C=CC=NC3N2)n1. The highest BCUT2D eigenvalue weighted by Gasteiger charge is 2.23. The van der Waals surface area contributed by atoms with Gasteiger partial charge in [0, 0.05) is 24.3 Å². The van der Waals surface area contributed by atoms with Crippen LogP contribution in [0.3, 0.4) is 0 Å². The number of aliphatic imine (C=N–C) groups is 1. The van der Waals surface area contributed by atoms with E-state index in [9.17, 15) is 0 Å². The van der Waals surface area contributed by atoms with E-state index in [2.05, 4.69) is 15.3 Å². The number of nitrogens with one attached hydrogen (secondary N) is 1. The lowest BCUT2D eigenvalue weighted by Gasteiger charge is -2.19. The van der Waals surface area contributed by atoms with Gasteiger partial charge in [-0.3, -0.25) is 4.98 Å². The molecule has 3 heterocycles. The Balaban J connectivity index is 1.93. The van der Waals surface area contributed by atoms with Gasteiger partial charge < -0.3 is 10.2 Å². The van der Waals surface area contributed by atoms with E-state index in [1.807, 2.05) is 48.5 Å². The van der Waals surface area contributed by atoms with E-state index in [-0.39, 0.29) is 6.29 Å². The van der Waals surface area contributed by atoms with Crippen molar-refractivity contribution in [2.45, 2.75) is 13.2 Å². The second-order valence-corrected chi connectivity index (χ2v) is 3.81. The van der Waals surface area contributed by atoms with Crippen LogP contribution in [0.25, 0.3) is 5.70 Å². The van der Waals surface area contributed by atoms with Crippen LogP contribution >= 0.6 is 0 Å². The predicted octanol–water partition coefficient (Wildman–Crippen LogP) is 1.48. The van der Waals surface area contributed by atoms with Crippen molar-refractivity contribution >= 4 is 11.9 Å². The molecule has 4 heteroatoms. The van der Waals surface area contributed by atoms with Gasteiger partial charge in [0.05, 0.1) is 11.4 Å². The van der Waals surface area contributed by atoms with Crippen LogP contribution in [0.4, 0.5) is 0 Å². The van der Waals surface area contributed by atoms with Crippen molar-refractivity contribution < 1.29 is 0 Å². The zero-order valence-corrected chi connectivity index (χ0v) is 8.96. The fourth-order valence-electron chi connectivity index (χ4n) is 1.81. The van der Waals surface area contributed by atoms with Crippen LogP contribution in [0.1, 0.15) is 11.4 Å². The van der Waals surface area contributed by atoms with Crippen molar-refractivity contribution in [1.29, 1.82) is 0 Å². The normalized spacial score (nSPS) is 21.7. The van der Waals surface area contributed by atoms with Crippen molar-refractivity contribution in [2.75, 3.05) is 0 Å². The van der Waals surface area contributed by atoms with Gasteiger partial charge >= 0.3 is 0 Å². The molecule has 1 aromatic rings. The molecule has 80 valence electrons. The second-order valence-electron chi connectivity index (χ2n) is 3.81. The Bertz CT molecular complexity index is 501. The quantitative estimate of drug-likeness (QED) is 0.766. The van der Waals surface area contributed by atoms with Gasteiger partial charge in [-0.05, 0) is 25.1 Å². The molecule has 0 fully saturated rings. The lowest BCUT2D eigenvalue weighted by Crippen LogP contribution is -2.32. The van der Waals surface area contributed by atoms with Gasteiger partial charge in [-0.15, -0.1) is 0 Å². The van der Waals surface area contributed by atoms with Gasteiger partial charge in [0.1, 0.15) is 0 Å². The number of allylic oxidation sites excluding steroid dienone is 1. The summed E-state index contributed by atoms with van der Waals surface area (Å²) in [5.74, 6) is 0. The summed E-state index contributed by atoms with van der Waals surface area (Å²) in [5, 5.41) is 3.31. The number of aromatic nitrogens is 1. The zero-order chi connectivity index (χ0) is 11.0. The smallest absolute Gasteiger partial charge is 0.200 e. The third-order valence-electron chi connectivity index (χ3n) is 2.58. The zero-order valence-electron chi connectivity index (χ0n) is 8.96. The highest BCUT2D eigenvalue weighted by atomic mass is 15.4. The Kier molecular flexibility index (Phi) is 1.99. The minimum atomic E-state index is -0.0117. The standard InChI is InChI=1S/C12H12N4/c1-9-4-2-5-10(14-9)11-8-16-7-3-6-13-12(16)15-11/h2-8,12,15H,1H3. The molecule has 0 saturated heterocycles. The maximum absolute atomic E-state index is 4.48. The van der Waals surface area contributed by atoms with Crippen LogP contribution in [0, 0.1) is 6.92 Å². The van der Waals surface area contributed by atoms with Gasteiger partial charge in [0.2, 0.25) is 0 Å². The topological polar surface area (TPSA) is 40.5 Å². The van der Waals surface area contributed by atoms with E-state index in [0.717, 1.165) is 17.1 Å². The summed E-state index contributed by atoms with van der Waals surface area (Å²) < 4.78 is 0. The molecule has 2 aliphatic heterocycles. The van der Waals surface area contributed by atoms with Crippen molar-refractivity contribution in [3.05, 3.63) is 48.1 Å². The van der Waals surface area contributed by atoms with Gasteiger partial charge in [-0.2, -0.15) is 0 Å². The Labute approximate surface area is 94.0 Å². The largest absolute Gasteiger partial charge is 0.344 e. The summed E-state index contributed by atoms with van der Waals surface area (Å²) in [6.45, 7) is 1.99. The van der Waals surface area contributed by atoms with Crippen molar-refractivity contribution in [3.63, 3.8) is 0 Å². The molecular weight excluding hydrogens is 200 g/mol. The molecule has 0 aliphatic carbocycles. The van der Waals surface area contributed by atoms with E-state index in [4.69, 9.17) is 0 Å². The molecule has 1 unspecified atom stereocenters. The summed E-state index contributed by atoms with van der Waals surface area (Å²) in [6.07, 6.45) is 7.73. The van der Waals surface area contributed by atoms with E-state index in [0.29, 0.717) is 0 Å². The number of rotatable bonds is 1. The molecule has 0 amide bonds. The number of hydrogen-bond donors (Lipinski definition) is 1. The van der Waals surface area contributed by atoms with E-state index in [1.165, 1.54) is 0 Å². The number of fused-ring (bicyclic) bond motifs is 1. The molecule has 0 saturated carbocycles. The first-order valence-corrected chi connectivity index (χ1v) is 5.23. The van der Waals surface area contributed by atoms with Crippen LogP contribution in [0.15, 0.2) is 41.7 Å². The minimum absolute atomic E-state index is 0.0117. The van der Waals surface area contributed by atoms with E-state index < -0.39 is 0 Å². The molecule has 0 bridgehead atoms. The minimum Gasteiger partial charge on any atom is -0.344 e. The summed E-state index contributed by atoms with van der Waals surface area (Å²) in [7, 11) is 0. The Morgan fingerprint density at radius 1 is 1.38 bits per heavy atom. The molecule has 16 heavy (non-hydrogen) atoms. The maximum Gasteiger partial charge on any atom is 0.200 e. The molecule has 2 aliphatic rings. The maximum atomic E-state index is 4.48. The Morgan fingerprint density at radius 2 is 2.31 bits per heavy atom. The fraction of sp³-hybridized carbons (Fsp3) is 0.167. The van der Waals surface area contributed by atoms with Crippen LogP contribution in [0.2, 0.25) is 0 Å². The third-order valence-corrected chi connectivity index (χ3v) is 2.58. The number of pyridine rings is 1. The molecule has 0 radical (unpaired) electrons. The molecule has 1 aromatic heterocycles. The first-order chi connectivity index (χ1) is 7.83. The Hall–Kier alpha value is -2.10. The first kappa shape index (κ1) is 9.15. The lowest BCUT2D eigenvalue weighted by molar-refractivity contribution is 0.377. The molecule has 1 N–H and O–H groups in total. The second kappa shape index (κ2) is 3.48. The summed E-state index contributed by atoms with van der Waals surface area (Å²) >= 11 is 0. The van der Waals surface area contributed by atoms with Crippen LogP contribution in [-0.4, -0.2) is 22.4 Å². The number of hydrogen-bond acceptors (Lipinski definition) is 4. The molecule has 4 nitrogen and oxygen atoms in total. The fourth-order valence-corrected chi connectivity index (χ4v) is 1.81. The summed E-state index contributed by atoms with van der Waals surface area (Å²) in [4.78, 5) is 10.8. The van der Waals surface area contributed by atoms with Gasteiger partial charge in [0.15, 0.2) is 6.29 Å². The summed E-state index contributed by atoms with van der Waals surface area (Å²) in [5.41, 5.74) is 2.99. The monoisotopic (exact) mass is 212 g/mol. The van der Waals surface area contributed by atoms with Crippen molar-refractivity contribution in [2.24, 2.45) is 4.99 Å². The highest BCUT2D eigenvalue weighted by molar-refractivity contribution is 5.73. The van der Waals surface area contributed by atoms with Crippen molar-refractivity contribution in [3.8, 4) is 0 Å². The Morgan fingerprint density at radius 3 is 3.12 bits per heavy atom. The first-order valence-electron chi connectivity index (χ1n) is 5.23. The molecule has 3 rings (SSSR count). The third kappa shape index (κ3) is 1.48. The van der Waals surface area contributed by atoms with Gasteiger partial charge in [-0.25, -0.2) is 4.99 Å². The highest BCUT2D eigenvalue weighted by Crippen LogP contribution is 2.21. The summed E-state index contributed by atoms with van der Waals surface area (Å²) in [6, 6.07) is 6.00. The van der Waals surface area contributed by atoms with E-state index >= 15 is 0 Å². The van der Waals surface area contributed by atoms with Gasteiger partial charge in [0.25, 0.3) is 0 Å². The number of nitrogens with zero attached hydrogens (tertiary/aromatic N) is 3. The van der Waals surface area contributed by atoms with Crippen molar-refractivity contribution in [1.82, 2.24) is 15.2 Å². The van der Waals surface area contributed by atoms with Gasteiger partial charge in [-0.1, -0.05) is 6.07 Å². The van der Waals surface area contributed by atoms with Crippen LogP contribution in [-0.2, 0) is 0 Å².